The van der Waals surface area contributed by atoms with Crippen molar-refractivity contribution in [3.63, 3.8) is 0 Å². The number of hydrogen-bond donors (Lipinski definition) is 1. The predicted molar refractivity (Wildman–Crippen MR) is 100 cm³/mol. The van der Waals surface area contributed by atoms with Crippen LogP contribution in [0.5, 0.6) is 5.75 Å². The third-order valence-electron chi connectivity index (χ3n) is 4.78. The molecule has 26 heavy (non-hydrogen) atoms. The van der Waals surface area contributed by atoms with Crippen LogP contribution in [0.3, 0.4) is 0 Å². The molecule has 0 aliphatic carbocycles. The Labute approximate surface area is 154 Å². The van der Waals surface area contributed by atoms with Crippen molar-refractivity contribution in [1.82, 2.24) is 15.1 Å². The number of nitrogens with zero attached hydrogens (tertiary/aromatic N) is 2. The lowest BCUT2D eigenvalue weighted by Gasteiger charge is -2.12. The van der Waals surface area contributed by atoms with E-state index in [9.17, 15) is 4.79 Å². The highest BCUT2D eigenvalue weighted by atomic mass is 16.5. The summed E-state index contributed by atoms with van der Waals surface area (Å²) < 4.78 is 12.7. The summed E-state index contributed by atoms with van der Waals surface area (Å²) >= 11 is 0. The first-order chi connectivity index (χ1) is 12.7. The van der Waals surface area contributed by atoms with Gasteiger partial charge in [0.15, 0.2) is 0 Å². The van der Waals surface area contributed by atoms with E-state index in [2.05, 4.69) is 5.32 Å². The molecule has 0 saturated carbocycles. The Balaban J connectivity index is 1.88. The van der Waals surface area contributed by atoms with E-state index in [1.807, 2.05) is 42.8 Å². The Hall–Kier alpha value is -2.34. The second-order valence-electron chi connectivity index (χ2n) is 6.43. The van der Waals surface area contributed by atoms with Crippen LogP contribution in [-0.4, -0.2) is 42.1 Å². The topological polar surface area (TPSA) is 65.4 Å². The summed E-state index contributed by atoms with van der Waals surface area (Å²) in [5.41, 5.74) is 3.37. The van der Waals surface area contributed by atoms with Gasteiger partial charge < -0.3 is 14.8 Å². The summed E-state index contributed by atoms with van der Waals surface area (Å²) in [5, 5.41) is 7.75. The molecule has 0 spiro atoms. The molecule has 1 amide bonds. The number of methoxy groups -OCH3 is 1. The number of carbonyl (C=O) groups excluding carboxylic acids is 1. The van der Waals surface area contributed by atoms with Gasteiger partial charge >= 0.3 is 0 Å². The van der Waals surface area contributed by atoms with Gasteiger partial charge in [-0.3, -0.25) is 4.79 Å². The Morgan fingerprint density at radius 1 is 1.31 bits per heavy atom. The van der Waals surface area contributed by atoms with E-state index in [1.54, 1.807) is 7.11 Å². The normalized spacial score (nSPS) is 16.7. The molecule has 1 aromatic heterocycles. The number of rotatable bonds is 7. The molecule has 1 fully saturated rings. The van der Waals surface area contributed by atoms with Gasteiger partial charge in [0.1, 0.15) is 5.75 Å². The van der Waals surface area contributed by atoms with E-state index >= 15 is 0 Å². The number of aromatic nitrogens is 2. The lowest BCUT2D eigenvalue weighted by Crippen LogP contribution is -2.32. The summed E-state index contributed by atoms with van der Waals surface area (Å²) in [6, 6.07) is 7.72. The van der Waals surface area contributed by atoms with E-state index in [-0.39, 0.29) is 12.0 Å². The molecule has 140 valence electrons. The van der Waals surface area contributed by atoms with Crippen molar-refractivity contribution in [3.8, 4) is 11.4 Å². The molecule has 1 saturated heterocycles. The average molecular weight is 357 g/mol. The fourth-order valence-electron chi connectivity index (χ4n) is 3.38. The minimum Gasteiger partial charge on any atom is -0.497 e. The van der Waals surface area contributed by atoms with E-state index in [1.165, 1.54) is 0 Å². The Kier molecular flexibility index (Phi) is 5.93. The van der Waals surface area contributed by atoms with Crippen molar-refractivity contribution in [1.29, 1.82) is 0 Å². The van der Waals surface area contributed by atoms with Crippen molar-refractivity contribution in [2.45, 2.75) is 45.6 Å². The van der Waals surface area contributed by atoms with Gasteiger partial charge in [-0.15, -0.1) is 0 Å². The van der Waals surface area contributed by atoms with Gasteiger partial charge in [0, 0.05) is 13.2 Å². The molecule has 0 unspecified atom stereocenters. The highest BCUT2D eigenvalue weighted by molar-refractivity contribution is 5.96. The molecule has 2 aromatic rings. The van der Waals surface area contributed by atoms with Crippen LogP contribution in [-0.2, 0) is 17.6 Å². The van der Waals surface area contributed by atoms with E-state index in [4.69, 9.17) is 14.6 Å². The van der Waals surface area contributed by atoms with Crippen LogP contribution in [0.15, 0.2) is 24.3 Å². The van der Waals surface area contributed by atoms with Gasteiger partial charge in [0.05, 0.1) is 35.9 Å². The van der Waals surface area contributed by atoms with Gasteiger partial charge in [-0.1, -0.05) is 13.8 Å². The molecule has 0 bridgehead atoms. The zero-order chi connectivity index (χ0) is 18.5. The zero-order valence-electron chi connectivity index (χ0n) is 15.7. The van der Waals surface area contributed by atoms with Gasteiger partial charge in [-0.05, 0) is 49.9 Å². The van der Waals surface area contributed by atoms with Crippen LogP contribution in [0, 0.1) is 0 Å². The number of carbonyl (C=O) groups is 1. The third-order valence-corrected chi connectivity index (χ3v) is 4.78. The summed E-state index contributed by atoms with van der Waals surface area (Å²) in [7, 11) is 1.64. The molecule has 6 heteroatoms. The maximum atomic E-state index is 12.9. The number of amides is 1. The van der Waals surface area contributed by atoms with Crippen molar-refractivity contribution >= 4 is 5.91 Å². The molecule has 0 radical (unpaired) electrons. The second-order valence-corrected chi connectivity index (χ2v) is 6.43. The minimum atomic E-state index is -0.0611. The number of benzene rings is 1. The first kappa shape index (κ1) is 18.5. The number of nitrogens with one attached hydrogen (secondary N) is 1. The van der Waals surface area contributed by atoms with E-state index in [0.717, 1.165) is 48.7 Å². The molecule has 1 atom stereocenters. The van der Waals surface area contributed by atoms with Crippen LogP contribution >= 0.6 is 0 Å². The molecule has 1 N–H and O–H groups in total. The molecule has 1 aliphatic rings. The second kappa shape index (κ2) is 8.36. The third kappa shape index (κ3) is 3.75. The van der Waals surface area contributed by atoms with E-state index in [0.29, 0.717) is 18.5 Å². The smallest absolute Gasteiger partial charge is 0.255 e. The van der Waals surface area contributed by atoms with Gasteiger partial charge in [0.2, 0.25) is 0 Å². The maximum Gasteiger partial charge on any atom is 0.255 e. The van der Waals surface area contributed by atoms with Gasteiger partial charge in [0.25, 0.3) is 5.91 Å². The lowest BCUT2D eigenvalue weighted by atomic mass is 10.1. The van der Waals surface area contributed by atoms with Crippen LogP contribution in [0.4, 0.5) is 0 Å². The number of ether oxygens (including phenoxy) is 2. The van der Waals surface area contributed by atoms with Crippen LogP contribution in [0.2, 0.25) is 0 Å². The zero-order valence-corrected chi connectivity index (χ0v) is 15.7. The van der Waals surface area contributed by atoms with Crippen molar-refractivity contribution < 1.29 is 14.3 Å². The highest BCUT2D eigenvalue weighted by Crippen LogP contribution is 2.22. The molecule has 3 rings (SSSR count). The average Bonchev–Trinajstić information content (AvgIpc) is 3.33. The Morgan fingerprint density at radius 3 is 2.65 bits per heavy atom. The quantitative estimate of drug-likeness (QED) is 0.827. The molecule has 2 heterocycles. The standard InChI is InChI=1S/C20H27N3O3/c1-4-17-19(20(24)21-13-16-7-6-12-26-16)18(5-2)23(22-17)14-8-10-15(25-3)11-9-14/h8-11,16H,4-7,12-13H2,1-3H3,(H,21,24)/t16-/m1/s1. The number of hydrogen-bond acceptors (Lipinski definition) is 4. The minimum absolute atomic E-state index is 0.0611. The van der Waals surface area contributed by atoms with Crippen LogP contribution in [0.1, 0.15) is 48.4 Å². The molecule has 6 nitrogen and oxygen atoms in total. The van der Waals surface area contributed by atoms with Crippen LogP contribution < -0.4 is 10.1 Å². The molecule has 1 aromatic carbocycles. The van der Waals surface area contributed by atoms with Crippen LogP contribution in [0.25, 0.3) is 5.69 Å². The predicted octanol–water partition coefficient (Wildman–Crippen LogP) is 2.91. The summed E-state index contributed by atoms with van der Waals surface area (Å²) in [4.78, 5) is 12.9. The molecular weight excluding hydrogens is 330 g/mol. The van der Waals surface area contributed by atoms with Crippen molar-refractivity contribution in [3.05, 3.63) is 41.2 Å². The summed E-state index contributed by atoms with van der Waals surface area (Å²) in [6.07, 6.45) is 3.63. The van der Waals surface area contributed by atoms with Gasteiger partial charge in [-0.2, -0.15) is 5.10 Å². The largest absolute Gasteiger partial charge is 0.497 e. The fourth-order valence-corrected chi connectivity index (χ4v) is 3.38. The Morgan fingerprint density at radius 2 is 2.08 bits per heavy atom. The first-order valence-corrected chi connectivity index (χ1v) is 9.32. The van der Waals surface area contributed by atoms with Crippen molar-refractivity contribution in [2.75, 3.05) is 20.3 Å². The first-order valence-electron chi connectivity index (χ1n) is 9.32. The Bertz CT molecular complexity index is 746. The number of aryl methyl sites for hydroxylation is 1. The van der Waals surface area contributed by atoms with Gasteiger partial charge in [-0.25, -0.2) is 4.68 Å². The highest BCUT2D eigenvalue weighted by Gasteiger charge is 2.24. The van der Waals surface area contributed by atoms with Crippen molar-refractivity contribution in [2.24, 2.45) is 0 Å². The maximum absolute atomic E-state index is 12.9. The SMILES string of the molecule is CCc1nn(-c2ccc(OC)cc2)c(CC)c1C(=O)NC[C@H]1CCCO1. The summed E-state index contributed by atoms with van der Waals surface area (Å²) in [5.74, 6) is 0.734. The molecule has 1 aliphatic heterocycles. The van der Waals surface area contributed by atoms with E-state index < -0.39 is 0 Å². The lowest BCUT2D eigenvalue weighted by molar-refractivity contribution is 0.0856. The molecular formula is C20H27N3O3. The fraction of sp³-hybridized carbons (Fsp3) is 0.500. The monoisotopic (exact) mass is 357 g/mol. The summed E-state index contributed by atoms with van der Waals surface area (Å²) in [6.45, 7) is 5.42.